The van der Waals surface area contributed by atoms with E-state index in [1.807, 2.05) is 0 Å². The molecule has 0 aromatic heterocycles. The molecule has 0 heterocycles. The van der Waals surface area contributed by atoms with Crippen molar-refractivity contribution in [1.82, 2.24) is 4.31 Å². The van der Waals surface area contributed by atoms with Gasteiger partial charge in [-0.2, -0.15) is 0 Å². The largest absolute Gasteiger partial charge is 0.424 e. The van der Waals surface area contributed by atoms with Gasteiger partial charge in [0.1, 0.15) is 5.75 Å². The summed E-state index contributed by atoms with van der Waals surface area (Å²) in [6, 6.07) is 5.38. The molecule has 0 aliphatic carbocycles. The Labute approximate surface area is 105 Å². The topological polar surface area (TPSA) is 87.1 Å². The van der Waals surface area contributed by atoms with Crippen molar-refractivity contribution in [3.05, 3.63) is 24.3 Å². The molecule has 1 rings (SSSR count). The zero-order valence-electron chi connectivity index (χ0n) is 9.14. The lowest BCUT2D eigenvalue weighted by Crippen LogP contribution is -2.22. The first-order valence-electron chi connectivity index (χ1n) is 4.41. The summed E-state index contributed by atoms with van der Waals surface area (Å²) in [4.78, 5) is 17.9. The lowest BCUT2D eigenvalue weighted by molar-refractivity contribution is 0.370. The Morgan fingerprint density at radius 2 is 1.94 bits per heavy atom. The van der Waals surface area contributed by atoms with E-state index in [4.69, 9.17) is 9.79 Å². The average molecular weight is 297 g/mol. The minimum Gasteiger partial charge on any atom is -0.424 e. The van der Waals surface area contributed by atoms with Crippen LogP contribution in [0.5, 0.6) is 5.75 Å². The van der Waals surface area contributed by atoms with Crippen LogP contribution < -0.4 is 4.52 Å². The molecule has 0 aliphatic rings. The summed E-state index contributed by atoms with van der Waals surface area (Å²) < 4.78 is 29.3. The smallest absolute Gasteiger partial charge is 0.375 e. The van der Waals surface area contributed by atoms with Gasteiger partial charge in [0.2, 0.25) is 10.0 Å². The standard InChI is InChI=1S/C8H12NO5PS2/c1-9(2)17(12,13)8-5-3-4-7(6-8)14-15(10,11)16/h3-6H,1-2H3,(H2,10,11,16). The zero-order valence-corrected chi connectivity index (χ0v) is 11.7. The molecule has 17 heavy (non-hydrogen) atoms. The quantitative estimate of drug-likeness (QED) is 0.788. The van der Waals surface area contributed by atoms with Gasteiger partial charge in [-0.3, -0.25) is 0 Å². The normalized spacial score (nSPS) is 12.8. The second-order valence-electron chi connectivity index (χ2n) is 3.34. The van der Waals surface area contributed by atoms with Crippen LogP contribution in [0.1, 0.15) is 0 Å². The summed E-state index contributed by atoms with van der Waals surface area (Å²) in [5.74, 6) is 0.00117. The second kappa shape index (κ2) is 5.01. The molecule has 1 aromatic rings. The van der Waals surface area contributed by atoms with Crippen molar-refractivity contribution in [2.45, 2.75) is 4.90 Å². The van der Waals surface area contributed by atoms with Crippen LogP contribution >= 0.6 is 6.72 Å². The maximum absolute atomic E-state index is 11.8. The van der Waals surface area contributed by atoms with Crippen LogP contribution in [0.3, 0.4) is 0 Å². The molecular formula is C8H12NO5PS2. The molecule has 0 radical (unpaired) electrons. The molecular weight excluding hydrogens is 285 g/mol. The van der Waals surface area contributed by atoms with Gasteiger partial charge in [-0.25, -0.2) is 12.7 Å². The summed E-state index contributed by atoms with van der Waals surface area (Å²) in [6.07, 6.45) is 0. The van der Waals surface area contributed by atoms with Crippen molar-refractivity contribution in [3.8, 4) is 5.75 Å². The van der Waals surface area contributed by atoms with E-state index >= 15 is 0 Å². The fourth-order valence-corrected chi connectivity index (χ4v) is 2.62. The zero-order chi connectivity index (χ0) is 13.3. The molecule has 0 amide bonds. The van der Waals surface area contributed by atoms with Crippen molar-refractivity contribution in [3.63, 3.8) is 0 Å². The van der Waals surface area contributed by atoms with Crippen LogP contribution in [0.15, 0.2) is 29.2 Å². The van der Waals surface area contributed by atoms with Crippen LogP contribution in [0.4, 0.5) is 0 Å². The number of benzene rings is 1. The van der Waals surface area contributed by atoms with Crippen molar-refractivity contribution < 1.29 is 22.7 Å². The maximum Gasteiger partial charge on any atom is 0.375 e. The number of rotatable bonds is 4. The first-order chi connectivity index (χ1) is 7.63. The highest BCUT2D eigenvalue weighted by molar-refractivity contribution is 8.06. The summed E-state index contributed by atoms with van der Waals surface area (Å²) in [5.41, 5.74) is 0. The minimum absolute atomic E-state index is 0.00117. The van der Waals surface area contributed by atoms with Gasteiger partial charge in [0, 0.05) is 32.0 Å². The van der Waals surface area contributed by atoms with E-state index in [2.05, 4.69) is 16.3 Å². The van der Waals surface area contributed by atoms with E-state index < -0.39 is 16.7 Å². The van der Waals surface area contributed by atoms with E-state index in [1.165, 1.54) is 38.4 Å². The van der Waals surface area contributed by atoms with Crippen LogP contribution in [0, 0.1) is 0 Å². The van der Waals surface area contributed by atoms with Crippen LogP contribution in [0.25, 0.3) is 0 Å². The fourth-order valence-electron chi connectivity index (χ4n) is 1.04. The van der Waals surface area contributed by atoms with Crippen molar-refractivity contribution in [2.24, 2.45) is 0 Å². The lowest BCUT2D eigenvalue weighted by atomic mass is 10.3. The first kappa shape index (κ1) is 14.6. The molecule has 0 bridgehead atoms. The van der Waals surface area contributed by atoms with Gasteiger partial charge in [-0.1, -0.05) is 6.07 Å². The highest BCUT2D eigenvalue weighted by Crippen LogP contribution is 2.38. The fraction of sp³-hybridized carbons (Fsp3) is 0.250. The highest BCUT2D eigenvalue weighted by Gasteiger charge is 2.18. The number of hydrogen-bond acceptors (Lipinski definition) is 4. The van der Waals surface area contributed by atoms with E-state index in [9.17, 15) is 8.42 Å². The molecule has 9 heteroatoms. The molecule has 0 fully saturated rings. The molecule has 0 saturated heterocycles. The third-order valence-corrected chi connectivity index (χ3v) is 4.29. The molecule has 0 saturated carbocycles. The third-order valence-electron chi connectivity index (χ3n) is 1.81. The van der Waals surface area contributed by atoms with Crippen molar-refractivity contribution in [1.29, 1.82) is 0 Å². The van der Waals surface area contributed by atoms with Gasteiger partial charge in [0.05, 0.1) is 4.90 Å². The van der Waals surface area contributed by atoms with Gasteiger partial charge in [-0.05, 0) is 12.1 Å². The van der Waals surface area contributed by atoms with E-state index in [-0.39, 0.29) is 10.6 Å². The van der Waals surface area contributed by atoms with Gasteiger partial charge < -0.3 is 14.3 Å². The minimum atomic E-state index is -3.86. The Kier molecular flexibility index (Phi) is 4.29. The van der Waals surface area contributed by atoms with E-state index in [0.717, 1.165) is 4.31 Å². The van der Waals surface area contributed by atoms with Crippen molar-refractivity contribution in [2.75, 3.05) is 14.1 Å². The lowest BCUT2D eigenvalue weighted by Gasteiger charge is -2.13. The SMILES string of the molecule is CN(C)S(=O)(=O)c1cccc(OP(O)(O)=S)c1. The summed E-state index contributed by atoms with van der Waals surface area (Å²) in [7, 11) is -0.798. The third kappa shape index (κ3) is 4.02. The Balaban J connectivity index is 3.15. The van der Waals surface area contributed by atoms with E-state index in [0.29, 0.717) is 0 Å². The second-order valence-corrected chi connectivity index (χ2v) is 8.09. The predicted molar refractivity (Wildman–Crippen MR) is 66.7 cm³/mol. The Bertz CT molecular complexity index is 551. The molecule has 0 spiro atoms. The van der Waals surface area contributed by atoms with Crippen LogP contribution in [0.2, 0.25) is 0 Å². The molecule has 0 aliphatic heterocycles. The first-order valence-corrected chi connectivity index (χ1v) is 8.47. The summed E-state index contributed by atoms with van der Waals surface area (Å²) in [5, 5.41) is 0. The molecule has 0 unspecified atom stereocenters. The highest BCUT2D eigenvalue weighted by atomic mass is 32.5. The van der Waals surface area contributed by atoms with E-state index in [1.54, 1.807) is 0 Å². The molecule has 2 N–H and O–H groups in total. The maximum atomic E-state index is 11.8. The molecule has 6 nitrogen and oxygen atoms in total. The predicted octanol–water partition coefficient (Wildman–Crippen LogP) is 0.525. The number of sulfonamides is 1. The van der Waals surface area contributed by atoms with Gasteiger partial charge in [0.15, 0.2) is 0 Å². The Hall–Kier alpha value is -0.500. The Morgan fingerprint density at radius 1 is 1.35 bits per heavy atom. The monoisotopic (exact) mass is 297 g/mol. The van der Waals surface area contributed by atoms with Gasteiger partial charge >= 0.3 is 6.72 Å². The number of nitrogens with zero attached hydrogens (tertiary/aromatic N) is 1. The molecule has 96 valence electrons. The summed E-state index contributed by atoms with van der Waals surface area (Å²) in [6.45, 7) is -3.86. The molecule has 0 atom stereocenters. The van der Waals surface area contributed by atoms with Crippen molar-refractivity contribution >= 4 is 28.5 Å². The summed E-state index contributed by atoms with van der Waals surface area (Å²) >= 11 is 4.30. The average Bonchev–Trinajstić information content (AvgIpc) is 2.15. The number of hydrogen-bond donors (Lipinski definition) is 2. The Morgan fingerprint density at radius 3 is 2.41 bits per heavy atom. The van der Waals surface area contributed by atoms with Crippen LogP contribution in [-0.2, 0) is 21.8 Å². The van der Waals surface area contributed by atoms with Gasteiger partial charge in [0.25, 0.3) is 0 Å². The molecule has 1 aromatic carbocycles. The van der Waals surface area contributed by atoms with Crippen LogP contribution in [-0.4, -0.2) is 36.6 Å². The van der Waals surface area contributed by atoms with Gasteiger partial charge in [-0.15, -0.1) is 0 Å².